The van der Waals surface area contributed by atoms with E-state index in [0.29, 0.717) is 5.56 Å². The van der Waals surface area contributed by atoms with E-state index in [4.69, 9.17) is 0 Å². The molecule has 2 aromatic rings. The number of carbonyl (C=O) groups is 1. The minimum atomic E-state index is -0.698. The third-order valence-electron chi connectivity index (χ3n) is 3.10. The number of amides is 1. The van der Waals surface area contributed by atoms with Crippen LogP contribution in [-0.4, -0.2) is 28.7 Å². The van der Waals surface area contributed by atoms with Gasteiger partial charge in [0.1, 0.15) is 0 Å². The van der Waals surface area contributed by atoms with Gasteiger partial charge in [0, 0.05) is 17.3 Å². The number of benzene rings is 2. The zero-order valence-corrected chi connectivity index (χ0v) is 12.9. The first-order valence-electron chi connectivity index (χ1n) is 7.05. The number of nitro groups is 1. The maximum Gasteiger partial charge on any atom is 0.311 e. The molecule has 0 atom stereocenters. The Hall–Kier alpha value is -3.42. The highest BCUT2D eigenvalue weighted by molar-refractivity contribution is 5.85. The summed E-state index contributed by atoms with van der Waals surface area (Å²) in [7, 11) is 0. The minimum absolute atomic E-state index is 0.0378. The molecule has 0 spiro atoms. The summed E-state index contributed by atoms with van der Waals surface area (Å²) in [4.78, 5) is 21.7. The van der Waals surface area contributed by atoms with Crippen molar-refractivity contribution in [2.75, 3.05) is 11.9 Å². The van der Waals surface area contributed by atoms with E-state index in [-0.39, 0.29) is 12.5 Å². The van der Waals surface area contributed by atoms with Crippen LogP contribution in [0.25, 0.3) is 0 Å². The molecule has 124 valence electrons. The van der Waals surface area contributed by atoms with Crippen molar-refractivity contribution < 1.29 is 14.8 Å². The van der Waals surface area contributed by atoms with E-state index in [0.717, 1.165) is 17.3 Å². The van der Waals surface area contributed by atoms with Gasteiger partial charge in [0.25, 0.3) is 5.91 Å². The summed E-state index contributed by atoms with van der Waals surface area (Å²) in [6.07, 6.45) is 1.26. The third kappa shape index (κ3) is 4.80. The van der Waals surface area contributed by atoms with Gasteiger partial charge in [-0.15, -0.1) is 0 Å². The second kappa shape index (κ2) is 7.73. The molecule has 0 unspecified atom stereocenters. The van der Waals surface area contributed by atoms with Crippen molar-refractivity contribution in [3.63, 3.8) is 0 Å². The molecule has 24 heavy (non-hydrogen) atoms. The van der Waals surface area contributed by atoms with Gasteiger partial charge in [-0.25, -0.2) is 5.43 Å². The van der Waals surface area contributed by atoms with Gasteiger partial charge in [0.05, 0.1) is 17.7 Å². The lowest BCUT2D eigenvalue weighted by Gasteiger charge is -2.05. The standard InChI is InChI=1S/C16H16N4O4/c1-11-2-5-13(6-3-11)17-10-16(22)19-18-9-12-4-7-15(21)14(8-12)20(23)24/h2-9,17,21H,10H2,1H3,(H,19,22)/b18-9-. The molecule has 0 heterocycles. The van der Waals surface area contributed by atoms with E-state index in [1.807, 2.05) is 31.2 Å². The number of aryl methyl sites for hydroxylation is 1. The summed E-state index contributed by atoms with van der Waals surface area (Å²) in [5.41, 5.74) is 4.20. The Labute approximate surface area is 138 Å². The Morgan fingerprint density at radius 1 is 1.29 bits per heavy atom. The van der Waals surface area contributed by atoms with E-state index >= 15 is 0 Å². The lowest BCUT2D eigenvalue weighted by atomic mass is 10.2. The second-order valence-electron chi connectivity index (χ2n) is 5.02. The zero-order chi connectivity index (χ0) is 17.5. The second-order valence-corrected chi connectivity index (χ2v) is 5.02. The lowest BCUT2D eigenvalue weighted by molar-refractivity contribution is -0.385. The van der Waals surface area contributed by atoms with Crippen LogP contribution in [0, 0.1) is 17.0 Å². The summed E-state index contributed by atoms with van der Waals surface area (Å²) in [6, 6.07) is 11.4. The van der Waals surface area contributed by atoms with Crippen LogP contribution >= 0.6 is 0 Å². The molecule has 0 radical (unpaired) electrons. The molecule has 0 fully saturated rings. The smallest absolute Gasteiger partial charge is 0.311 e. The molecule has 0 aliphatic heterocycles. The fraction of sp³-hybridized carbons (Fsp3) is 0.125. The number of nitrogens with one attached hydrogen (secondary N) is 2. The Bertz CT molecular complexity index is 772. The average molecular weight is 328 g/mol. The molecule has 2 aromatic carbocycles. The zero-order valence-electron chi connectivity index (χ0n) is 12.9. The van der Waals surface area contributed by atoms with Crippen LogP contribution in [0.15, 0.2) is 47.6 Å². The number of carbonyl (C=O) groups excluding carboxylic acids is 1. The van der Waals surface area contributed by atoms with Gasteiger partial charge in [0.2, 0.25) is 0 Å². The molecule has 0 bridgehead atoms. The van der Waals surface area contributed by atoms with Gasteiger partial charge < -0.3 is 10.4 Å². The summed E-state index contributed by atoms with van der Waals surface area (Å²) >= 11 is 0. The molecule has 8 nitrogen and oxygen atoms in total. The normalized spacial score (nSPS) is 10.5. The summed E-state index contributed by atoms with van der Waals surface area (Å²) in [6.45, 7) is 2.01. The van der Waals surface area contributed by atoms with Crippen molar-refractivity contribution in [1.82, 2.24) is 5.43 Å². The highest BCUT2D eigenvalue weighted by Crippen LogP contribution is 2.25. The summed E-state index contributed by atoms with van der Waals surface area (Å²) in [5.74, 6) is -0.788. The number of nitrogens with zero attached hydrogens (tertiary/aromatic N) is 2. The molecule has 0 aromatic heterocycles. The number of rotatable bonds is 6. The van der Waals surface area contributed by atoms with E-state index in [1.54, 1.807) is 0 Å². The van der Waals surface area contributed by atoms with Gasteiger partial charge >= 0.3 is 5.69 Å². The number of phenolic OH excluding ortho intramolecular Hbond substituents is 1. The van der Waals surface area contributed by atoms with Crippen molar-refractivity contribution in [1.29, 1.82) is 0 Å². The maximum atomic E-state index is 11.7. The maximum absolute atomic E-state index is 11.7. The van der Waals surface area contributed by atoms with E-state index in [1.165, 1.54) is 18.3 Å². The summed E-state index contributed by atoms with van der Waals surface area (Å²) < 4.78 is 0. The molecular weight excluding hydrogens is 312 g/mol. The predicted octanol–water partition coefficient (Wildman–Crippen LogP) is 2.17. The Balaban J connectivity index is 1.87. The van der Waals surface area contributed by atoms with Gasteiger partial charge in [-0.05, 0) is 31.2 Å². The average Bonchev–Trinajstić information content (AvgIpc) is 2.55. The van der Waals surface area contributed by atoms with E-state index in [2.05, 4.69) is 15.8 Å². The van der Waals surface area contributed by atoms with Gasteiger partial charge in [-0.2, -0.15) is 5.10 Å². The highest BCUT2D eigenvalue weighted by Gasteiger charge is 2.12. The largest absolute Gasteiger partial charge is 0.502 e. The number of hydrazone groups is 1. The molecule has 0 aliphatic rings. The molecule has 0 saturated carbocycles. The number of phenols is 1. The fourth-order valence-corrected chi connectivity index (χ4v) is 1.84. The molecule has 2 rings (SSSR count). The third-order valence-corrected chi connectivity index (χ3v) is 3.10. The van der Waals surface area contributed by atoms with Crippen LogP contribution in [0.4, 0.5) is 11.4 Å². The quantitative estimate of drug-likeness (QED) is 0.427. The number of aromatic hydroxyl groups is 1. The first-order chi connectivity index (χ1) is 11.5. The van der Waals surface area contributed by atoms with Crippen molar-refractivity contribution in [3.8, 4) is 5.75 Å². The minimum Gasteiger partial charge on any atom is -0.502 e. The van der Waals surface area contributed by atoms with Gasteiger partial charge in [-0.1, -0.05) is 17.7 Å². The molecule has 0 aliphatic carbocycles. The fourth-order valence-electron chi connectivity index (χ4n) is 1.84. The van der Waals surface area contributed by atoms with Crippen molar-refractivity contribution in [3.05, 3.63) is 63.7 Å². The number of hydrogen-bond donors (Lipinski definition) is 3. The monoisotopic (exact) mass is 328 g/mol. The topological polar surface area (TPSA) is 117 Å². The van der Waals surface area contributed by atoms with Crippen LogP contribution in [-0.2, 0) is 4.79 Å². The van der Waals surface area contributed by atoms with Gasteiger partial charge in [0.15, 0.2) is 5.75 Å². The van der Waals surface area contributed by atoms with Crippen LogP contribution in [0.2, 0.25) is 0 Å². The van der Waals surface area contributed by atoms with E-state index < -0.39 is 16.4 Å². The van der Waals surface area contributed by atoms with Crippen LogP contribution < -0.4 is 10.7 Å². The molecule has 3 N–H and O–H groups in total. The van der Waals surface area contributed by atoms with Crippen molar-refractivity contribution in [2.45, 2.75) is 6.92 Å². The first-order valence-corrected chi connectivity index (χ1v) is 7.05. The molecule has 0 saturated heterocycles. The Morgan fingerprint density at radius 3 is 2.67 bits per heavy atom. The molecular formula is C16H16N4O4. The first kappa shape index (κ1) is 16.9. The predicted molar refractivity (Wildman–Crippen MR) is 90.2 cm³/mol. The van der Waals surface area contributed by atoms with Gasteiger partial charge in [-0.3, -0.25) is 14.9 Å². The van der Waals surface area contributed by atoms with Crippen LogP contribution in [0.3, 0.4) is 0 Å². The Kier molecular flexibility index (Phi) is 5.45. The van der Waals surface area contributed by atoms with E-state index in [9.17, 15) is 20.0 Å². The number of hydrogen-bond acceptors (Lipinski definition) is 6. The SMILES string of the molecule is Cc1ccc(NCC(=O)N/N=C\c2ccc(O)c([N+](=O)[O-])c2)cc1. The van der Waals surface area contributed by atoms with Crippen LogP contribution in [0.5, 0.6) is 5.75 Å². The summed E-state index contributed by atoms with van der Waals surface area (Å²) in [5, 5.41) is 26.7. The van der Waals surface area contributed by atoms with Crippen molar-refractivity contribution >= 4 is 23.5 Å². The Morgan fingerprint density at radius 2 is 2.00 bits per heavy atom. The number of anilines is 1. The molecule has 8 heteroatoms. The number of nitro benzene ring substituents is 1. The van der Waals surface area contributed by atoms with Crippen LogP contribution in [0.1, 0.15) is 11.1 Å². The lowest BCUT2D eigenvalue weighted by Crippen LogP contribution is -2.25. The highest BCUT2D eigenvalue weighted by atomic mass is 16.6. The van der Waals surface area contributed by atoms with Crippen molar-refractivity contribution in [2.24, 2.45) is 5.10 Å². The molecule has 1 amide bonds.